The Kier molecular flexibility index (Phi) is 3.80. The lowest BCUT2D eigenvalue weighted by Gasteiger charge is -2.37. The number of anilines is 1. The molecule has 0 radical (unpaired) electrons. The third-order valence-electron chi connectivity index (χ3n) is 3.42. The first kappa shape index (κ1) is 11.4. The monoisotopic (exact) mass is 219 g/mol. The molecule has 1 aliphatic heterocycles. The summed E-state index contributed by atoms with van der Waals surface area (Å²) in [6.45, 7) is 5.28. The SMILES string of the molecule is CCN(N)C1CCN(c2ccccc2)CC1. The van der Waals surface area contributed by atoms with Crippen LogP contribution in [-0.2, 0) is 0 Å². The number of hydrogen-bond acceptors (Lipinski definition) is 3. The van der Waals surface area contributed by atoms with E-state index in [2.05, 4.69) is 42.2 Å². The molecular formula is C13H21N3. The normalized spacial score (nSPS) is 18.1. The molecule has 1 aromatic carbocycles. The summed E-state index contributed by atoms with van der Waals surface area (Å²) in [5.74, 6) is 5.95. The molecule has 1 saturated heterocycles. The van der Waals surface area contributed by atoms with Gasteiger partial charge in [-0.2, -0.15) is 0 Å². The molecule has 0 atom stereocenters. The van der Waals surface area contributed by atoms with Gasteiger partial charge in [-0.25, -0.2) is 5.01 Å². The molecule has 1 heterocycles. The van der Waals surface area contributed by atoms with Gasteiger partial charge in [0.1, 0.15) is 0 Å². The van der Waals surface area contributed by atoms with Crippen LogP contribution in [0.2, 0.25) is 0 Å². The van der Waals surface area contributed by atoms with E-state index in [-0.39, 0.29) is 0 Å². The number of nitrogens with two attached hydrogens (primary N) is 1. The number of piperidine rings is 1. The molecule has 3 heteroatoms. The van der Waals surface area contributed by atoms with Crippen molar-refractivity contribution in [2.24, 2.45) is 5.84 Å². The molecule has 0 saturated carbocycles. The molecule has 3 nitrogen and oxygen atoms in total. The van der Waals surface area contributed by atoms with Crippen molar-refractivity contribution in [3.8, 4) is 0 Å². The van der Waals surface area contributed by atoms with Gasteiger partial charge >= 0.3 is 0 Å². The van der Waals surface area contributed by atoms with Crippen LogP contribution in [0.3, 0.4) is 0 Å². The molecule has 1 aromatic rings. The number of para-hydroxylation sites is 1. The maximum atomic E-state index is 5.95. The molecule has 0 amide bonds. The first-order valence-electron chi connectivity index (χ1n) is 6.12. The van der Waals surface area contributed by atoms with Crippen molar-refractivity contribution in [1.82, 2.24) is 5.01 Å². The van der Waals surface area contributed by atoms with Gasteiger partial charge in [-0.15, -0.1) is 0 Å². The van der Waals surface area contributed by atoms with Crippen LogP contribution in [0, 0.1) is 0 Å². The van der Waals surface area contributed by atoms with Crippen LogP contribution in [0.5, 0.6) is 0 Å². The van der Waals surface area contributed by atoms with Crippen molar-refractivity contribution >= 4 is 5.69 Å². The number of nitrogens with zero attached hydrogens (tertiary/aromatic N) is 2. The number of rotatable bonds is 3. The Hall–Kier alpha value is -1.06. The van der Waals surface area contributed by atoms with E-state index in [1.165, 1.54) is 18.5 Å². The summed E-state index contributed by atoms with van der Waals surface area (Å²) in [6, 6.07) is 11.2. The zero-order valence-corrected chi connectivity index (χ0v) is 9.97. The van der Waals surface area contributed by atoms with Crippen LogP contribution in [-0.4, -0.2) is 30.7 Å². The Bertz CT molecular complexity index is 304. The van der Waals surface area contributed by atoms with Gasteiger partial charge in [0, 0.05) is 31.4 Å². The van der Waals surface area contributed by atoms with E-state index in [1.54, 1.807) is 0 Å². The van der Waals surface area contributed by atoms with Gasteiger partial charge in [-0.1, -0.05) is 25.1 Å². The zero-order chi connectivity index (χ0) is 11.4. The standard InChI is InChI=1S/C13H21N3/c1-2-16(14)13-8-10-15(11-9-13)12-6-4-3-5-7-12/h3-7,13H,2,8-11,14H2,1H3. The van der Waals surface area contributed by atoms with Gasteiger partial charge in [0.15, 0.2) is 0 Å². The number of benzene rings is 1. The van der Waals surface area contributed by atoms with Crippen LogP contribution < -0.4 is 10.7 Å². The average molecular weight is 219 g/mol. The van der Waals surface area contributed by atoms with Crippen LogP contribution in [0.4, 0.5) is 5.69 Å². The van der Waals surface area contributed by atoms with E-state index >= 15 is 0 Å². The second kappa shape index (κ2) is 5.32. The van der Waals surface area contributed by atoms with Gasteiger partial charge in [0.25, 0.3) is 0 Å². The Morgan fingerprint density at radius 1 is 1.25 bits per heavy atom. The van der Waals surface area contributed by atoms with Gasteiger partial charge < -0.3 is 4.90 Å². The highest BCUT2D eigenvalue weighted by molar-refractivity contribution is 5.46. The smallest absolute Gasteiger partial charge is 0.0366 e. The molecule has 2 N–H and O–H groups in total. The van der Waals surface area contributed by atoms with Crippen LogP contribution in [0.1, 0.15) is 19.8 Å². The highest BCUT2D eigenvalue weighted by Gasteiger charge is 2.21. The quantitative estimate of drug-likeness (QED) is 0.622. The fourth-order valence-electron chi connectivity index (χ4n) is 2.35. The molecular weight excluding hydrogens is 198 g/mol. The van der Waals surface area contributed by atoms with Gasteiger partial charge in [0.05, 0.1) is 0 Å². The summed E-state index contributed by atoms with van der Waals surface area (Å²) in [7, 11) is 0. The van der Waals surface area contributed by atoms with Gasteiger partial charge in [0.2, 0.25) is 0 Å². The van der Waals surface area contributed by atoms with Crippen molar-refractivity contribution in [3.05, 3.63) is 30.3 Å². The van der Waals surface area contributed by atoms with E-state index < -0.39 is 0 Å². The highest BCUT2D eigenvalue weighted by atomic mass is 15.4. The molecule has 0 aliphatic carbocycles. The predicted molar refractivity (Wildman–Crippen MR) is 68.2 cm³/mol. The third kappa shape index (κ3) is 2.54. The van der Waals surface area contributed by atoms with Crippen molar-refractivity contribution in [2.45, 2.75) is 25.8 Å². The van der Waals surface area contributed by atoms with Crippen molar-refractivity contribution < 1.29 is 0 Å². The Morgan fingerprint density at radius 2 is 1.88 bits per heavy atom. The zero-order valence-electron chi connectivity index (χ0n) is 9.97. The van der Waals surface area contributed by atoms with E-state index in [0.29, 0.717) is 6.04 Å². The first-order chi connectivity index (χ1) is 7.81. The lowest BCUT2D eigenvalue weighted by atomic mass is 10.0. The fourth-order valence-corrected chi connectivity index (χ4v) is 2.35. The lowest BCUT2D eigenvalue weighted by Crippen LogP contribution is -2.48. The fraction of sp³-hybridized carbons (Fsp3) is 0.538. The van der Waals surface area contributed by atoms with Crippen LogP contribution >= 0.6 is 0 Å². The lowest BCUT2D eigenvalue weighted by molar-refractivity contribution is 0.181. The molecule has 0 unspecified atom stereocenters. The number of hydrogen-bond donors (Lipinski definition) is 1. The van der Waals surface area contributed by atoms with E-state index in [1.807, 2.05) is 5.01 Å². The Labute approximate surface area is 97.8 Å². The molecule has 0 bridgehead atoms. The first-order valence-corrected chi connectivity index (χ1v) is 6.12. The minimum absolute atomic E-state index is 0.560. The number of hydrazine groups is 1. The minimum atomic E-state index is 0.560. The summed E-state index contributed by atoms with van der Waals surface area (Å²) in [5, 5.41) is 1.97. The molecule has 88 valence electrons. The van der Waals surface area contributed by atoms with Crippen molar-refractivity contribution in [2.75, 3.05) is 24.5 Å². The summed E-state index contributed by atoms with van der Waals surface area (Å²) < 4.78 is 0. The maximum Gasteiger partial charge on any atom is 0.0366 e. The van der Waals surface area contributed by atoms with Gasteiger partial charge in [-0.05, 0) is 25.0 Å². The molecule has 1 fully saturated rings. The highest BCUT2D eigenvalue weighted by Crippen LogP contribution is 2.20. The Morgan fingerprint density at radius 3 is 2.44 bits per heavy atom. The molecule has 16 heavy (non-hydrogen) atoms. The van der Waals surface area contributed by atoms with E-state index in [9.17, 15) is 0 Å². The summed E-state index contributed by atoms with van der Waals surface area (Å²) >= 11 is 0. The van der Waals surface area contributed by atoms with Crippen LogP contribution in [0.25, 0.3) is 0 Å². The molecule has 2 rings (SSSR count). The Balaban J connectivity index is 1.91. The van der Waals surface area contributed by atoms with E-state index in [4.69, 9.17) is 5.84 Å². The summed E-state index contributed by atoms with van der Waals surface area (Å²) in [6.07, 6.45) is 2.33. The largest absolute Gasteiger partial charge is 0.371 e. The molecule has 0 aromatic heterocycles. The van der Waals surface area contributed by atoms with Crippen molar-refractivity contribution in [1.29, 1.82) is 0 Å². The second-order valence-electron chi connectivity index (χ2n) is 4.38. The molecule has 1 aliphatic rings. The predicted octanol–water partition coefficient (Wildman–Crippen LogP) is 1.85. The van der Waals surface area contributed by atoms with E-state index in [0.717, 1.165) is 19.6 Å². The van der Waals surface area contributed by atoms with Gasteiger partial charge in [-0.3, -0.25) is 5.84 Å². The third-order valence-corrected chi connectivity index (χ3v) is 3.42. The minimum Gasteiger partial charge on any atom is -0.371 e. The molecule has 0 spiro atoms. The van der Waals surface area contributed by atoms with Crippen LogP contribution in [0.15, 0.2) is 30.3 Å². The summed E-state index contributed by atoms with van der Waals surface area (Å²) in [5.41, 5.74) is 1.33. The maximum absolute atomic E-state index is 5.95. The van der Waals surface area contributed by atoms with Crippen molar-refractivity contribution in [3.63, 3.8) is 0 Å². The average Bonchev–Trinajstić information content (AvgIpc) is 2.39. The second-order valence-corrected chi connectivity index (χ2v) is 4.38. The summed E-state index contributed by atoms with van der Waals surface area (Å²) in [4.78, 5) is 2.44. The topological polar surface area (TPSA) is 32.5 Å².